The molecule has 2 aliphatic heterocycles. The largest absolute Gasteiger partial charge is 0.477 e. The van der Waals surface area contributed by atoms with E-state index < -0.39 is 34.7 Å². The molecule has 0 saturated carbocycles. The lowest BCUT2D eigenvalue weighted by Gasteiger charge is -2.44. The van der Waals surface area contributed by atoms with Crippen LogP contribution in [-0.4, -0.2) is 61.4 Å². The minimum absolute atomic E-state index is 0.0741. The van der Waals surface area contributed by atoms with Crippen LogP contribution in [0.15, 0.2) is 16.4 Å². The predicted molar refractivity (Wildman–Crippen MR) is 81.6 cm³/mol. The van der Waals surface area contributed by atoms with Gasteiger partial charge in [0.25, 0.3) is 0 Å². The summed E-state index contributed by atoms with van der Waals surface area (Å²) in [5.41, 5.74) is 8.55. The van der Waals surface area contributed by atoms with Crippen molar-refractivity contribution in [2.24, 2.45) is 11.0 Å². The molecule has 9 nitrogen and oxygen atoms in total. The number of nitrogens with zero attached hydrogens (tertiary/aromatic N) is 4. The molecule has 2 rings (SSSR count). The van der Waals surface area contributed by atoms with Crippen LogP contribution in [0.25, 0.3) is 10.4 Å². The second kappa shape index (κ2) is 7.12. The van der Waals surface area contributed by atoms with Crippen LogP contribution in [0.3, 0.4) is 0 Å². The number of hydrogen-bond donors (Lipinski definition) is 2. The van der Waals surface area contributed by atoms with Gasteiger partial charge in [0.15, 0.2) is 0 Å². The maximum atomic E-state index is 12.1. The van der Waals surface area contributed by atoms with E-state index in [9.17, 15) is 24.0 Å². The van der Waals surface area contributed by atoms with Crippen LogP contribution in [0.1, 0.15) is 19.8 Å². The molecule has 1 saturated heterocycles. The normalized spacial score (nSPS) is 25.5. The van der Waals surface area contributed by atoms with E-state index in [1.54, 1.807) is 0 Å². The van der Waals surface area contributed by atoms with E-state index in [1.807, 2.05) is 0 Å². The molecule has 2 aliphatic rings. The van der Waals surface area contributed by atoms with Crippen LogP contribution in [-0.2, 0) is 20.4 Å². The summed E-state index contributed by atoms with van der Waals surface area (Å²) in [4.78, 5) is 27.3. The first kappa shape index (κ1) is 17.5. The van der Waals surface area contributed by atoms with E-state index in [0.717, 1.165) is 0 Å². The SMILES string of the molecule is CC(O)C1C(=O)N2C(C(=O)O)=C(CS(=O)CCCN=[N+]=[N-])CC12. The van der Waals surface area contributed by atoms with E-state index in [1.165, 1.54) is 11.8 Å². The number of carboxylic acid groups (broad SMARTS) is 1. The van der Waals surface area contributed by atoms with Crippen molar-refractivity contribution in [2.45, 2.75) is 31.9 Å². The molecule has 2 heterocycles. The number of β-lactam (4-membered cyclic amide) rings is 1. The van der Waals surface area contributed by atoms with Gasteiger partial charge >= 0.3 is 5.97 Å². The Labute approximate surface area is 135 Å². The van der Waals surface area contributed by atoms with E-state index in [-0.39, 0.29) is 24.0 Å². The lowest BCUT2D eigenvalue weighted by Crippen LogP contribution is -2.61. The monoisotopic (exact) mass is 342 g/mol. The van der Waals surface area contributed by atoms with Crippen molar-refractivity contribution in [2.75, 3.05) is 18.1 Å². The summed E-state index contributed by atoms with van der Waals surface area (Å²) < 4.78 is 12.1. The zero-order valence-corrected chi connectivity index (χ0v) is 13.4. The van der Waals surface area contributed by atoms with Gasteiger partial charge < -0.3 is 15.1 Å². The summed E-state index contributed by atoms with van der Waals surface area (Å²) in [5.74, 6) is -1.84. The number of hydrogen-bond acceptors (Lipinski definition) is 5. The van der Waals surface area contributed by atoms with Crippen molar-refractivity contribution in [1.29, 1.82) is 0 Å². The van der Waals surface area contributed by atoms with Gasteiger partial charge in [0.05, 0.1) is 18.1 Å². The average molecular weight is 342 g/mol. The van der Waals surface area contributed by atoms with Crippen molar-refractivity contribution >= 4 is 22.7 Å². The quantitative estimate of drug-likeness (QED) is 0.215. The number of aliphatic hydroxyl groups is 1. The van der Waals surface area contributed by atoms with Gasteiger partial charge in [-0.2, -0.15) is 0 Å². The van der Waals surface area contributed by atoms with E-state index >= 15 is 0 Å². The number of carbonyl (C=O) groups is 2. The number of amides is 1. The molecule has 0 spiro atoms. The molecule has 10 heteroatoms. The smallest absolute Gasteiger partial charge is 0.352 e. The van der Waals surface area contributed by atoms with Crippen molar-refractivity contribution in [1.82, 2.24) is 4.90 Å². The Morgan fingerprint density at radius 2 is 2.30 bits per heavy atom. The topological polar surface area (TPSA) is 144 Å². The first-order chi connectivity index (χ1) is 10.9. The number of carbonyl (C=O) groups excluding carboxylic acids is 1. The molecule has 4 unspecified atom stereocenters. The fourth-order valence-electron chi connectivity index (χ4n) is 3.10. The number of rotatable bonds is 8. The highest BCUT2D eigenvalue weighted by Crippen LogP contribution is 2.43. The Hall–Kier alpha value is -1.90. The van der Waals surface area contributed by atoms with Gasteiger partial charge in [0, 0.05) is 33.8 Å². The zero-order chi connectivity index (χ0) is 17.1. The summed E-state index contributed by atoms with van der Waals surface area (Å²) in [6, 6.07) is -0.358. The molecule has 126 valence electrons. The molecule has 0 aromatic rings. The first-order valence-corrected chi connectivity index (χ1v) is 8.69. The molecular weight excluding hydrogens is 324 g/mol. The Morgan fingerprint density at radius 3 is 2.87 bits per heavy atom. The third-order valence-electron chi connectivity index (χ3n) is 4.05. The Kier molecular flexibility index (Phi) is 5.40. The summed E-state index contributed by atoms with van der Waals surface area (Å²) >= 11 is 0. The Morgan fingerprint density at radius 1 is 1.61 bits per heavy atom. The third-order valence-corrected chi connectivity index (χ3v) is 5.47. The molecule has 0 bridgehead atoms. The highest BCUT2D eigenvalue weighted by atomic mass is 32.2. The fourth-order valence-corrected chi connectivity index (χ4v) is 4.34. The lowest BCUT2D eigenvalue weighted by molar-refractivity contribution is -0.161. The van der Waals surface area contributed by atoms with Gasteiger partial charge in [0.2, 0.25) is 5.91 Å². The summed E-state index contributed by atoms with van der Waals surface area (Å²) in [7, 11) is -1.29. The van der Waals surface area contributed by atoms with Crippen LogP contribution < -0.4 is 0 Å². The molecule has 23 heavy (non-hydrogen) atoms. The first-order valence-electron chi connectivity index (χ1n) is 7.20. The van der Waals surface area contributed by atoms with E-state index in [0.29, 0.717) is 24.2 Å². The minimum atomic E-state index is -1.29. The van der Waals surface area contributed by atoms with Crippen molar-refractivity contribution in [3.8, 4) is 0 Å². The molecule has 2 N–H and O–H groups in total. The van der Waals surface area contributed by atoms with Gasteiger partial charge in [-0.05, 0) is 30.9 Å². The molecule has 1 amide bonds. The van der Waals surface area contributed by atoms with Crippen molar-refractivity contribution < 1.29 is 24.0 Å². The number of fused-ring (bicyclic) bond motifs is 1. The second-order valence-corrected chi connectivity index (χ2v) is 7.18. The Balaban J connectivity index is 2.06. The maximum absolute atomic E-state index is 12.1. The summed E-state index contributed by atoms with van der Waals surface area (Å²) in [5, 5.41) is 22.3. The maximum Gasteiger partial charge on any atom is 0.352 e. The van der Waals surface area contributed by atoms with Crippen molar-refractivity contribution in [3.63, 3.8) is 0 Å². The van der Waals surface area contributed by atoms with Crippen LogP contribution in [0.4, 0.5) is 0 Å². The highest BCUT2D eigenvalue weighted by Gasteiger charge is 2.56. The standard InChI is InChI=1S/C13H18N4O5S/c1-7(18)10-9-5-8(6-23(22)4-2-3-15-16-14)11(13(20)21)17(9)12(10)19/h7,9-10,18H,2-6H2,1H3,(H,20,21). The van der Waals surface area contributed by atoms with Crippen LogP contribution in [0.2, 0.25) is 0 Å². The molecule has 1 fully saturated rings. The number of aliphatic hydroxyl groups excluding tert-OH is 1. The predicted octanol–water partition coefficient (Wildman–Crippen LogP) is 0.386. The molecule has 4 atom stereocenters. The van der Waals surface area contributed by atoms with Gasteiger partial charge in [-0.15, -0.1) is 0 Å². The zero-order valence-electron chi connectivity index (χ0n) is 12.6. The molecule has 0 aromatic heterocycles. The van der Waals surface area contributed by atoms with Gasteiger partial charge in [0.1, 0.15) is 5.70 Å². The fraction of sp³-hybridized carbons (Fsp3) is 0.692. The number of aliphatic carboxylic acids is 1. The lowest BCUT2D eigenvalue weighted by atomic mass is 9.83. The third kappa shape index (κ3) is 3.39. The van der Waals surface area contributed by atoms with E-state index in [2.05, 4.69) is 10.0 Å². The van der Waals surface area contributed by atoms with Crippen LogP contribution >= 0.6 is 0 Å². The Bertz CT molecular complexity index is 626. The average Bonchev–Trinajstić information content (AvgIpc) is 2.77. The van der Waals surface area contributed by atoms with Crippen molar-refractivity contribution in [3.05, 3.63) is 21.7 Å². The molecular formula is C13H18N4O5S. The van der Waals surface area contributed by atoms with E-state index in [4.69, 9.17) is 5.53 Å². The molecule has 0 aromatic carbocycles. The highest BCUT2D eigenvalue weighted by molar-refractivity contribution is 7.85. The second-order valence-electron chi connectivity index (χ2n) is 5.60. The van der Waals surface area contributed by atoms with Crippen LogP contribution in [0, 0.1) is 5.92 Å². The number of carboxylic acids is 1. The van der Waals surface area contributed by atoms with Gasteiger partial charge in [-0.1, -0.05) is 5.11 Å². The summed E-state index contributed by atoms with van der Waals surface area (Å²) in [6.07, 6.45) is -0.0628. The molecule has 0 radical (unpaired) electrons. The van der Waals surface area contributed by atoms with Gasteiger partial charge in [-0.25, -0.2) is 4.79 Å². The van der Waals surface area contributed by atoms with Crippen LogP contribution in [0.5, 0.6) is 0 Å². The van der Waals surface area contributed by atoms with Gasteiger partial charge in [-0.3, -0.25) is 9.00 Å². The summed E-state index contributed by atoms with van der Waals surface area (Å²) in [6.45, 7) is 1.75. The minimum Gasteiger partial charge on any atom is -0.477 e. The number of azide groups is 1. The molecule has 0 aliphatic carbocycles.